The largest absolute Gasteiger partial charge is 0.377 e. The highest BCUT2D eigenvalue weighted by molar-refractivity contribution is 4.90. The Kier molecular flexibility index (Phi) is 1.90. The number of nitrogens with zero attached hydrogens (tertiary/aromatic N) is 1. The number of hydrogen-bond acceptors (Lipinski definition) is 2. The lowest BCUT2D eigenvalue weighted by molar-refractivity contribution is 0.0418. The van der Waals surface area contributed by atoms with Gasteiger partial charge in [-0.15, -0.1) is 0 Å². The molecule has 64 valence electrons. The van der Waals surface area contributed by atoms with Crippen LogP contribution in [0.4, 0.5) is 0 Å². The van der Waals surface area contributed by atoms with Crippen LogP contribution in [0.25, 0.3) is 0 Å². The molecule has 0 aromatic heterocycles. The smallest absolute Gasteiger partial charge is 0.0717 e. The van der Waals surface area contributed by atoms with Gasteiger partial charge in [-0.2, -0.15) is 0 Å². The minimum atomic E-state index is 0.552. The number of hydrogen-bond donors (Lipinski definition) is 0. The number of likely N-dealkylation sites (tertiary alicyclic amines) is 1. The van der Waals surface area contributed by atoms with Gasteiger partial charge in [0.2, 0.25) is 0 Å². The van der Waals surface area contributed by atoms with Crippen molar-refractivity contribution in [3.63, 3.8) is 0 Å². The van der Waals surface area contributed by atoms with Crippen LogP contribution in [-0.2, 0) is 4.74 Å². The van der Waals surface area contributed by atoms with Crippen LogP contribution in [0.2, 0.25) is 0 Å². The van der Waals surface area contributed by atoms with E-state index in [1.807, 2.05) is 0 Å². The van der Waals surface area contributed by atoms with Gasteiger partial charge in [0.15, 0.2) is 0 Å². The van der Waals surface area contributed by atoms with Crippen molar-refractivity contribution < 1.29 is 4.74 Å². The standard InChI is InChI=1S/C9H17NO/c1-7(2)10-6-9-5-8(10)3-4-11-9/h7-9H,3-6H2,1-2H3/t8-,9+/m0/s1. The lowest BCUT2D eigenvalue weighted by atomic mass is 10.1. The molecule has 2 atom stereocenters. The molecule has 2 heteroatoms. The van der Waals surface area contributed by atoms with Crippen molar-refractivity contribution >= 4 is 0 Å². The van der Waals surface area contributed by atoms with Gasteiger partial charge in [0.25, 0.3) is 0 Å². The van der Waals surface area contributed by atoms with Crippen molar-refractivity contribution in [3.8, 4) is 0 Å². The molecule has 2 rings (SSSR count). The predicted molar refractivity (Wildman–Crippen MR) is 44.6 cm³/mol. The van der Waals surface area contributed by atoms with Crippen molar-refractivity contribution in [2.45, 2.75) is 44.9 Å². The van der Waals surface area contributed by atoms with Gasteiger partial charge in [0, 0.05) is 25.2 Å². The second-order valence-corrected chi connectivity index (χ2v) is 3.96. The molecule has 2 aliphatic heterocycles. The highest BCUT2D eigenvalue weighted by atomic mass is 16.5. The first-order valence-electron chi connectivity index (χ1n) is 4.64. The van der Waals surface area contributed by atoms with E-state index in [1.54, 1.807) is 0 Å². The van der Waals surface area contributed by atoms with Gasteiger partial charge >= 0.3 is 0 Å². The third kappa shape index (κ3) is 1.30. The summed E-state index contributed by atoms with van der Waals surface area (Å²) in [4.78, 5) is 2.58. The van der Waals surface area contributed by atoms with E-state index < -0.39 is 0 Å². The maximum absolute atomic E-state index is 5.61. The molecule has 0 saturated carbocycles. The molecule has 2 nitrogen and oxygen atoms in total. The second kappa shape index (κ2) is 2.76. The normalized spacial score (nSPS) is 38.5. The monoisotopic (exact) mass is 155 g/mol. The zero-order valence-electron chi connectivity index (χ0n) is 7.42. The third-order valence-electron chi connectivity index (χ3n) is 2.89. The van der Waals surface area contributed by atoms with Gasteiger partial charge in [0.1, 0.15) is 0 Å². The molecule has 2 saturated heterocycles. The molecule has 0 radical (unpaired) electrons. The first-order chi connectivity index (χ1) is 5.27. The molecule has 2 aliphatic rings. The van der Waals surface area contributed by atoms with Crippen LogP contribution in [0.15, 0.2) is 0 Å². The Morgan fingerprint density at radius 3 is 2.91 bits per heavy atom. The summed E-state index contributed by atoms with van der Waals surface area (Å²) >= 11 is 0. The van der Waals surface area contributed by atoms with Gasteiger partial charge in [-0.25, -0.2) is 0 Å². The van der Waals surface area contributed by atoms with Crippen LogP contribution in [0.3, 0.4) is 0 Å². The van der Waals surface area contributed by atoms with E-state index in [0.29, 0.717) is 12.1 Å². The lowest BCUT2D eigenvalue weighted by Crippen LogP contribution is -2.35. The molecule has 2 bridgehead atoms. The quantitative estimate of drug-likeness (QED) is 0.565. The summed E-state index contributed by atoms with van der Waals surface area (Å²) in [6.45, 7) is 6.71. The summed E-state index contributed by atoms with van der Waals surface area (Å²) in [6, 6.07) is 1.53. The minimum absolute atomic E-state index is 0.552. The van der Waals surface area contributed by atoms with Gasteiger partial charge in [-0.05, 0) is 26.7 Å². The number of rotatable bonds is 1. The first kappa shape index (κ1) is 7.56. The zero-order chi connectivity index (χ0) is 7.84. The van der Waals surface area contributed by atoms with Gasteiger partial charge in [-0.3, -0.25) is 4.90 Å². The third-order valence-corrected chi connectivity index (χ3v) is 2.89. The SMILES string of the molecule is CC(C)N1C[C@H]2C[C@@H]1CCO2. The topological polar surface area (TPSA) is 12.5 Å². The summed E-state index contributed by atoms with van der Waals surface area (Å²) < 4.78 is 5.61. The molecule has 0 unspecified atom stereocenters. The van der Waals surface area contributed by atoms with E-state index >= 15 is 0 Å². The molecule has 2 heterocycles. The van der Waals surface area contributed by atoms with Crippen molar-refractivity contribution in [2.75, 3.05) is 13.2 Å². The van der Waals surface area contributed by atoms with Gasteiger partial charge in [0.05, 0.1) is 6.10 Å². The summed E-state index contributed by atoms with van der Waals surface area (Å²) in [6.07, 6.45) is 3.07. The Hall–Kier alpha value is -0.0800. The average Bonchev–Trinajstić information content (AvgIpc) is 2.27. The highest BCUT2D eigenvalue weighted by Gasteiger charge is 2.36. The minimum Gasteiger partial charge on any atom is -0.377 e. The van der Waals surface area contributed by atoms with E-state index in [9.17, 15) is 0 Å². The molecule has 0 aromatic carbocycles. The van der Waals surface area contributed by atoms with Crippen molar-refractivity contribution in [3.05, 3.63) is 0 Å². The van der Waals surface area contributed by atoms with E-state index in [1.165, 1.54) is 19.4 Å². The Morgan fingerprint density at radius 2 is 2.27 bits per heavy atom. The fourth-order valence-corrected chi connectivity index (χ4v) is 2.31. The van der Waals surface area contributed by atoms with Crippen molar-refractivity contribution in [1.82, 2.24) is 4.90 Å². The highest BCUT2D eigenvalue weighted by Crippen LogP contribution is 2.28. The Balaban J connectivity index is 2.03. The van der Waals surface area contributed by atoms with Crippen LogP contribution >= 0.6 is 0 Å². The molecule has 0 aliphatic carbocycles. The molecular formula is C9H17NO. The summed E-state index contributed by atoms with van der Waals surface area (Å²) in [7, 11) is 0. The molecule has 2 fully saturated rings. The van der Waals surface area contributed by atoms with Crippen molar-refractivity contribution in [1.29, 1.82) is 0 Å². The Morgan fingerprint density at radius 1 is 1.45 bits per heavy atom. The zero-order valence-corrected chi connectivity index (χ0v) is 7.42. The molecule has 0 spiro atoms. The number of ether oxygens (including phenoxy) is 1. The van der Waals surface area contributed by atoms with E-state index in [4.69, 9.17) is 4.74 Å². The first-order valence-corrected chi connectivity index (χ1v) is 4.64. The van der Waals surface area contributed by atoms with Crippen LogP contribution in [0, 0.1) is 0 Å². The Bertz CT molecular complexity index is 146. The molecule has 0 aromatic rings. The van der Waals surface area contributed by atoms with E-state index in [0.717, 1.165) is 12.6 Å². The van der Waals surface area contributed by atoms with E-state index in [2.05, 4.69) is 18.7 Å². The maximum Gasteiger partial charge on any atom is 0.0717 e. The summed E-state index contributed by atoms with van der Waals surface area (Å²) in [5, 5.41) is 0. The van der Waals surface area contributed by atoms with Gasteiger partial charge in [-0.1, -0.05) is 0 Å². The molecule has 11 heavy (non-hydrogen) atoms. The average molecular weight is 155 g/mol. The fraction of sp³-hybridized carbons (Fsp3) is 1.00. The van der Waals surface area contributed by atoms with Crippen LogP contribution in [0.1, 0.15) is 26.7 Å². The van der Waals surface area contributed by atoms with Crippen LogP contribution in [0.5, 0.6) is 0 Å². The van der Waals surface area contributed by atoms with Crippen LogP contribution in [-0.4, -0.2) is 36.2 Å². The van der Waals surface area contributed by atoms with Crippen LogP contribution < -0.4 is 0 Å². The maximum atomic E-state index is 5.61. The predicted octanol–water partition coefficient (Wildman–Crippen LogP) is 1.26. The van der Waals surface area contributed by atoms with E-state index in [-0.39, 0.29) is 0 Å². The summed E-state index contributed by atoms with van der Waals surface area (Å²) in [5.74, 6) is 0. The fourth-order valence-electron chi connectivity index (χ4n) is 2.31. The molecule has 0 N–H and O–H groups in total. The summed E-state index contributed by atoms with van der Waals surface area (Å²) in [5.41, 5.74) is 0. The van der Waals surface area contributed by atoms with Gasteiger partial charge < -0.3 is 4.74 Å². The number of fused-ring (bicyclic) bond motifs is 2. The molecular weight excluding hydrogens is 138 g/mol. The lowest BCUT2D eigenvalue weighted by Gasteiger charge is -2.27. The molecule has 0 amide bonds. The van der Waals surface area contributed by atoms with Crippen molar-refractivity contribution in [2.24, 2.45) is 0 Å². The Labute approximate surface area is 68.5 Å². The second-order valence-electron chi connectivity index (χ2n) is 3.96.